The molecule has 3 nitrogen and oxygen atoms in total. The van der Waals surface area contributed by atoms with Gasteiger partial charge >= 0.3 is 6.18 Å². The molecule has 16 heavy (non-hydrogen) atoms. The molecule has 0 spiro atoms. The number of hydrogen-bond acceptors (Lipinski definition) is 3. The van der Waals surface area contributed by atoms with Crippen LogP contribution in [0.3, 0.4) is 0 Å². The zero-order valence-corrected chi connectivity index (χ0v) is 7.84. The van der Waals surface area contributed by atoms with Crippen LogP contribution in [0.15, 0.2) is 12.1 Å². The fourth-order valence-corrected chi connectivity index (χ4v) is 1.19. The quantitative estimate of drug-likeness (QED) is 0.799. The first-order chi connectivity index (χ1) is 7.40. The van der Waals surface area contributed by atoms with E-state index < -0.39 is 17.5 Å². The lowest BCUT2D eigenvalue weighted by Crippen LogP contribution is -2.06. The molecule has 0 aliphatic rings. The van der Waals surface area contributed by atoms with Crippen LogP contribution in [0.1, 0.15) is 16.7 Å². The van der Waals surface area contributed by atoms with Crippen LogP contribution in [-0.4, -0.2) is 5.11 Å². The van der Waals surface area contributed by atoms with Gasteiger partial charge in [0, 0.05) is 0 Å². The van der Waals surface area contributed by atoms with Crippen LogP contribution < -0.4 is 0 Å². The maximum Gasteiger partial charge on any atom is 0.419 e. The third-order valence-corrected chi connectivity index (χ3v) is 1.92. The van der Waals surface area contributed by atoms with Crippen LogP contribution >= 0.6 is 0 Å². The van der Waals surface area contributed by atoms with Gasteiger partial charge in [-0.3, -0.25) is 0 Å². The Labute approximate surface area is 89.0 Å². The average Bonchev–Trinajstić information content (AvgIpc) is 2.16. The summed E-state index contributed by atoms with van der Waals surface area (Å²) in [4.78, 5) is 0. The number of hydrogen-bond donors (Lipinski definition) is 1. The van der Waals surface area contributed by atoms with E-state index in [9.17, 15) is 13.2 Å². The third-order valence-electron chi connectivity index (χ3n) is 1.92. The molecule has 0 saturated carbocycles. The number of rotatable bonds is 1. The van der Waals surface area contributed by atoms with Gasteiger partial charge in [0.1, 0.15) is 5.75 Å². The summed E-state index contributed by atoms with van der Waals surface area (Å²) < 4.78 is 37.0. The maximum atomic E-state index is 12.3. The number of phenolic OH excluding ortho intramolecular Hbond substituents is 1. The van der Waals surface area contributed by atoms with E-state index in [1.807, 2.05) is 0 Å². The van der Waals surface area contributed by atoms with Gasteiger partial charge in [0.15, 0.2) is 0 Å². The highest BCUT2D eigenvalue weighted by molar-refractivity contribution is 5.49. The fourth-order valence-electron chi connectivity index (χ4n) is 1.19. The lowest BCUT2D eigenvalue weighted by atomic mass is 10.0. The van der Waals surface area contributed by atoms with Gasteiger partial charge in [-0.25, -0.2) is 0 Å². The van der Waals surface area contributed by atoms with E-state index in [4.69, 9.17) is 15.6 Å². The molecule has 0 fully saturated rings. The van der Waals surface area contributed by atoms with Gasteiger partial charge in [0.25, 0.3) is 0 Å². The smallest absolute Gasteiger partial charge is 0.419 e. The number of aromatic hydroxyl groups is 1. The van der Waals surface area contributed by atoms with Gasteiger partial charge in [-0.15, -0.1) is 0 Å². The molecule has 0 amide bonds. The Morgan fingerprint density at radius 2 is 1.88 bits per heavy atom. The largest absolute Gasteiger partial charge is 0.507 e. The number of phenols is 1. The second kappa shape index (κ2) is 4.11. The second-order valence-electron chi connectivity index (χ2n) is 2.97. The van der Waals surface area contributed by atoms with Crippen molar-refractivity contribution in [1.29, 1.82) is 10.5 Å². The molecule has 82 valence electrons. The standard InChI is InChI=1S/C10H5F3N2O/c11-10(12,13)8-3-7(5-15)6(1-2-14)4-9(8)16/h3-4,16H,1H2. The van der Waals surface area contributed by atoms with E-state index in [1.54, 1.807) is 12.1 Å². The molecule has 0 heterocycles. The molecule has 0 unspecified atom stereocenters. The van der Waals surface area contributed by atoms with Crippen molar-refractivity contribution in [2.24, 2.45) is 0 Å². The van der Waals surface area contributed by atoms with Crippen molar-refractivity contribution < 1.29 is 18.3 Å². The normalized spacial score (nSPS) is 10.6. The minimum atomic E-state index is -4.72. The van der Waals surface area contributed by atoms with Gasteiger partial charge in [-0.2, -0.15) is 23.7 Å². The first-order valence-electron chi connectivity index (χ1n) is 4.10. The zero-order valence-electron chi connectivity index (χ0n) is 7.84. The number of halogens is 3. The molecule has 0 bridgehead atoms. The molecule has 1 aromatic carbocycles. The van der Waals surface area contributed by atoms with Crippen molar-refractivity contribution in [2.45, 2.75) is 12.6 Å². The lowest BCUT2D eigenvalue weighted by Gasteiger charge is -2.10. The molecule has 1 aromatic rings. The molecule has 0 aromatic heterocycles. The summed E-state index contributed by atoms with van der Waals surface area (Å²) in [5.74, 6) is -0.975. The monoisotopic (exact) mass is 226 g/mol. The van der Waals surface area contributed by atoms with Crippen LogP contribution in [-0.2, 0) is 12.6 Å². The van der Waals surface area contributed by atoms with E-state index in [0.29, 0.717) is 6.07 Å². The topological polar surface area (TPSA) is 67.8 Å². The van der Waals surface area contributed by atoms with Gasteiger partial charge in [-0.1, -0.05) is 0 Å². The first kappa shape index (κ1) is 11.9. The van der Waals surface area contributed by atoms with Crippen molar-refractivity contribution >= 4 is 0 Å². The van der Waals surface area contributed by atoms with E-state index in [0.717, 1.165) is 6.07 Å². The Morgan fingerprint density at radius 3 is 2.31 bits per heavy atom. The molecule has 0 atom stereocenters. The summed E-state index contributed by atoms with van der Waals surface area (Å²) in [6.45, 7) is 0. The molecule has 6 heteroatoms. The summed E-state index contributed by atoms with van der Waals surface area (Å²) >= 11 is 0. The Morgan fingerprint density at radius 1 is 1.25 bits per heavy atom. The minimum absolute atomic E-state index is 0.0792. The molecular formula is C10H5F3N2O. The molecular weight excluding hydrogens is 221 g/mol. The van der Waals surface area contributed by atoms with Crippen molar-refractivity contribution in [3.05, 3.63) is 28.8 Å². The summed E-state index contributed by atoms with van der Waals surface area (Å²) in [6.07, 6.45) is -4.95. The van der Waals surface area contributed by atoms with Crippen LogP contribution in [0.5, 0.6) is 5.75 Å². The van der Waals surface area contributed by atoms with E-state index in [-0.39, 0.29) is 17.5 Å². The lowest BCUT2D eigenvalue weighted by molar-refractivity contribution is -0.138. The zero-order chi connectivity index (χ0) is 12.3. The highest BCUT2D eigenvalue weighted by Gasteiger charge is 2.34. The van der Waals surface area contributed by atoms with Gasteiger partial charge in [0.05, 0.1) is 29.7 Å². The predicted molar refractivity (Wildman–Crippen MR) is 47.1 cm³/mol. The molecule has 0 saturated heterocycles. The Hall–Kier alpha value is -2.21. The van der Waals surface area contributed by atoms with Crippen molar-refractivity contribution in [2.75, 3.05) is 0 Å². The highest BCUT2D eigenvalue weighted by atomic mass is 19.4. The number of nitrogens with zero attached hydrogens (tertiary/aromatic N) is 2. The van der Waals surface area contributed by atoms with E-state index in [2.05, 4.69) is 0 Å². The summed E-state index contributed by atoms with van der Waals surface area (Å²) in [5.41, 5.74) is -1.45. The van der Waals surface area contributed by atoms with Crippen LogP contribution in [0, 0.1) is 22.7 Å². The Bertz CT molecular complexity index is 495. The van der Waals surface area contributed by atoms with Crippen molar-refractivity contribution in [3.8, 4) is 17.9 Å². The second-order valence-corrected chi connectivity index (χ2v) is 2.97. The SMILES string of the molecule is N#CCc1cc(O)c(C(F)(F)F)cc1C#N. The first-order valence-corrected chi connectivity index (χ1v) is 4.10. The molecule has 1 N–H and O–H groups in total. The summed E-state index contributed by atoms with van der Waals surface area (Å²) in [5, 5.41) is 26.1. The molecule has 0 aliphatic heterocycles. The minimum Gasteiger partial charge on any atom is -0.507 e. The van der Waals surface area contributed by atoms with E-state index in [1.165, 1.54) is 0 Å². The third kappa shape index (κ3) is 2.23. The van der Waals surface area contributed by atoms with Crippen LogP contribution in [0.4, 0.5) is 13.2 Å². The van der Waals surface area contributed by atoms with E-state index >= 15 is 0 Å². The van der Waals surface area contributed by atoms with Crippen LogP contribution in [0.2, 0.25) is 0 Å². The number of benzene rings is 1. The number of nitriles is 2. The highest BCUT2D eigenvalue weighted by Crippen LogP contribution is 2.37. The van der Waals surface area contributed by atoms with Crippen LogP contribution in [0.25, 0.3) is 0 Å². The molecule has 0 aliphatic carbocycles. The molecule has 1 rings (SSSR count). The Balaban J connectivity index is 3.40. The number of alkyl halides is 3. The van der Waals surface area contributed by atoms with Crippen molar-refractivity contribution in [1.82, 2.24) is 0 Å². The van der Waals surface area contributed by atoms with Gasteiger partial charge in [-0.05, 0) is 17.7 Å². The maximum absolute atomic E-state index is 12.3. The molecule has 0 radical (unpaired) electrons. The summed E-state index contributed by atoms with van der Waals surface area (Å²) in [6, 6.07) is 4.60. The van der Waals surface area contributed by atoms with Gasteiger partial charge in [0.2, 0.25) is 0 Å². The Kier molecular flexibility index (Phi) is 3.05. The van der Waals surface area contributed by atoms with Crippen molar-refractivity contribution in [3.63, 3.8) is 0 Å². The predicted octanol–water partition coefficient (Wildman–Crippen LogP) is 2.35. The fraction of sp³-hybridized carbons (Fsp3) is 0.200. The average molecular weight is 226 g/mol. The summed E-state index contributed by atoms with van der Waals surface area (Å²) in [7, 11) is 0. The van der Waals surface area contributed by atoms with Gasteiger partial charge < -0.3 is 5.11 Å².